The van der Waals surface area contributed by atoms with Crippen molar-refractivity contribution in [2.75, 3.05) is 33.4 Å². The van der Waals surface area contributed by atoms with E-state index in [0.29, 0.717) is 32.8 Å². The van der Waals surface area contributed by atoms with E-state index < -0.39 is 10.2 Å². The molecule has 7 heteroatoms. The van der Waals surface area contributed by atoms with Gasteiger partial charge < -0.3 is 4.74 Å². The second-order valence-corrected chi connectivity index (χ2v) is 6.17. The SMILES string of the molecule is CN(Cc1cccnc1)S(=O)(=O)N1CCOCC1. The Hall–Kier alpha value is -1.02. The standard InChI is InChI=1S/C11H17N3O3S/c1-13(10-11-3-2-4-12-9-11)18(15,16)14-5-7-17-8-6-14/h2-4,9H,5-8,10H2,1H3. The molecule has 0 bridgehead atoms. The highest BCUT2D eigenvalue weighted by atomic mass is 32.2. The summed E-state index contributed by atoms with van der Waals surface area (Å²) in [5, 5.41) is 0. The van der Waals surface area contributed by atoms with E-state index in [-0.39, 0.29) is 0 Å². The lowest BCUT2D eigenvalue weighted by atomic mass is 10.3. The summed E-state index contributed by atoms with van der Waals surface area (Å²) in [7, 11) is -1.82. The Morgan fingerprint density at radius 2 is 2.17 bits per heavy atom. The number of nitrogens with zero attached hydrogens (tertiary/aromatic N) is 3. The Morgan fingerprint density at radius 1 is 1.44 bits per heavy atom. The quantitative estimate of drug-likeness (QED) is 0.778. The first-order chi connectivity index (χ1) is 8.60. The molecular formula is C11H17N3O3S. The van der Waals surface area contributed by atoms with Crippen LogP contribution in [0.25, 0.3) is 0 Å². The monoisotopic (exact) mass is 271 g/mol. The van der Waals surface area contributed by atoms with Gasteiger partial charge in [-0.1, -0.05) is 6.07 Å². The molecular weight excluding hydrogens is 254 g/mol. The molecule has 0 N–H and O–H groups in total. The van der Waals surface area contributed by atoms with Gasteiger partial charge in [0.1, 0.15) is 0 Å². The number of pyridine rings is 1. The normalized spacial score (nSPS) is 18.1. The van der Waals surface area contributed by atoms with Crippen molar-refractivity contribution in [2.24, 2.45) is 0 Å². The Balaban J connectivity index is 2.05. The maximum absolute atomic E-state index is 12.3. The summed E-state index contributed by atoms with van der Waals surface area (Å²) >= 11 is 0. The maximum atomic E-state index is 12.3. The molecule has 0 amide bonds. The van der Waals surface area contributed by atoms with Crippen LogP contribution in [0.1, 0.15) is 5.56 Å². The van der Waals surface area contributed by atoms with Crippen molar-refractivity contribution in [3.05, 3.63) is 30.1 Å². The predicted molar refractivity (Wildman–Crippen MR) is 67.0 cm³/mol. The molecule has 100 valence electrons. The minimum atomic E-state index is -3.40. The molecule has 0 spiro atoms. The van der Waals surface area contributed by atoms with Crippen LogP contribution in [0, 0.1) is 0 Å². The molecule has 1 aliphatic heterocycles. The van der Waals surface area contributed by atoms with Gasteiger partial charge in [0.2, 0.25) is 0 Å². The largest absolute Gasteiger partial charge is 0.379 e. The zero-order valence-electron chi connectivity index (χ0n) is 10.3. The van der Waals surface area contributed by atoms with E-state index in [1.165, 1.54) is 8.61 Å². The van der Waals surface area contributed by atoms with Crippen LogP contribution in [0.15, 0.2) is 24.5 Å². The van der Waals surface area contributed by atoms with Gasteiger partial charge in [0.05, 0.1) is 13.2 Å². The average molecular weight is 271 g/mol. The molecule has 18 heavy (non-hydrogen) atoms. The predicted octanol–water partition coefficient (Wildman–Crippen LogP) is 0.0904. The Bertz CT molecular complexity index is 472. The topological polar surface area (TPSA) is 62.7 Å². The van der Waals surface area contributed by atoms with Gasteiger partial charge in [0.15, 0.2) is 0 Å². The number of rotatable bonds is 4. The Labute approximate surface area is 107 Å². The summed E-state index contributed by atoms with van der Waals surface area (Å²) in [6.07, 6.45) is 3.34. The van der Waals surface area contributed by atoms with Crippen molar-refractivity contribution >= 4 is 10.2 Å². The molecule has 2 heterocycles. The number of morpholine rings is 1. The second kappa shape index (κ2) is 5.75. The van der Waals surface area contributed by atoms with Gasteiger partial charge in [0, 0.05) is 39.1 Å². The van der Waals surface area contributed by atoms with Crippen LogP contribution >= 0.6 is 0 Å². The molecule has 6 nitrogen and oxygen atoms in total. The van der Waals surface area contributed by atoms with Crippen molar-refractivity contribution in [1.82, 2.24) is 13.6 Å². The fourth-order valence-corrected chi connectivity index (χ4v) is 3.12. The Kier molecular flexibility index (Phi) is 4.28. The zero-order chi connectivity index (χ0) is 13.0. The third kappa shape index (κ3) is 3.05. The molecule has 1 fully saturated rings. The minimum Gasteiger partial charge on any atom is -0.379 e. The minimum absolute atomic E-state index is 0.327. The van der Waals surface area contributed by atoms with Crippen LogP contribution < -0.4 is 0 Å². The summed E-state index contributed by atoms with van der Waals surface area (Å²) in [5.41, 5.74) is 0.872. The summed E-state index contributed by atoms with van der Waals surface area (Å²) in [4.78, 5) is 3.98. The highest BCUT2D eigenvalue weighted by Crippen LogP contribution is 2.12. The van der Waals surface area contributed by atoms with E-state index >= 15 is 0 Å². The first kappa shape index (κ1) is 13.4. The Morgan fingerprint density at radius 3 is 2.78 bits per heavy atom. The summed E-state index contributed by atoms with van der Waals surface area (Å²) < 4.78 is 32.5. The van der Waals surface area contributed by atoms with Crippen molar-refractivity contribution < 1.29 is 13.2 Å². The maximum Gasteiger partial charge on any atom is 0.282 e. The number of hydrogen-bond donors (Lipinski definition) is 0. The molecule has 0 aliphatic carbocycles. The van der Waals surface area contributed by atoms with Gasteiger partial charge >= 0.3 is 0 Å². The third-order valence-corrected chi connectivity index (χ3v) is 4.75. The van der Waals surface area contributed by atoms with Crippen molar-refractivity contribution in [3.63, 3.8) is 0 Å². The van der Waals surface area contributed by atoms with Crippen molar-refractivity contribution in [3.8, 4) is 0 Å². The van der Waals surface area contributed by atoms with E-state index in [0.717, 1.165) is 5.56 Å². The van der Waals surface area contributed by atoms with Crippen molar-refractivity contribution in [2.45, 2.75) is 6.54 Å². The smallest absolute Gasteiger partial charge is 0.282 e. The van der Waals surface area contributed by atoms with Gasteiger partial charge in [-0.15, -0.1) is 0 Å². The van der Waals surface area contributed by atoms with Gasteiger partial charge in [-0.3, -0.25) is 4.98 Å². The molecule has 0 saturated carbocycles. The lowest BCUT2D eigenvalue weighted by Crippen LogP contribution is -2.47. The summed E-state index contributed by atoms with van der Waals surface area (Å²) in [6, 6.07) is 3.66. The summed E-state index contributed by atoms with van der Waals surface area (Å²) in [6.45, 7) is 2.08. The molecule has 0 unspecified atom stereocenters. The molecule has 1 aromatic heterocycles. The first-order valence-corrected chi connectivity index (χ1v) is 7.18. The van der Waals surface area contributed by atoms with Gasteiger partial charge in [0.25, 0.3) is 10.2 Å². The zero-order valence-corrected chi connectivity index (χ0v) is 11.1. The van der Waals surface area contributed by atoms with Gasteiger partial charge in [-0.2, -0.15) is 17.0 Å². The molecule has 0 atom stereocenters. The van der Waals surface area contributed by atoms with E-state index in [4.69, 9.17) is 4.74 Å². The molecule has 0 radical (unpaired) electrons. The number of ether oxygens (including phenoxy) is 1. The molecule has 1 aliphatic rings. The van der Waals surface area contributed by atoms with Crippen LogP contribution in [0.5, 0.6) is 0 Å². The lowest BCUT2D eigenvalue weighted by molar-refractivity contribution is 0.0705. The number of aromatic nitrogens is 1. The van der Waals surface area contributed by atoms with Crippen LogP contribution in [0.3, 0.4) is 0 Å². The van der Waals surface area contributed by atoms with Crippen LogP contribution in [-0.4, -0.2) is 55.4 Å². The second-order valence-electron chi connectivity index (χ2n) is 4.14. The fraction of sp³-hybridized carbons (Fsp3) is 0.545. The average Bonchev–Trinajstić information content (AvgIpc) is 2.41. The molecule has 1 aromatic rings. The van der Waals surface area contributed by atoms with Crippen LogP contribution in [-0.2, 0) is 21.5 Å². The van der Waals surface area contributed by atoms with Crippen molar-refractivity contribution in [1.29, 1.82) is 0 Å². The highest BCUT2D eigenvalue weighted by Gasteiger charge is 2.28. The third-order valence-electron chi connectivity index (χ3n) is 2.82. The van der Waals surface area contributed by atoms with Crippen LogP contribution in [0.4, 0.5) is 0 Å². The summed E-state index contributed by atoms with van der Waals surface area (Å²) in [5.74, 6) is 0. The van der Waals surface area contributed by atoms with Crippen LogP contribution in [0.2, 0.25) is 0 Å². The number of hydrogen-bond acceptors (Lipinski definition) is 4. The molecule has 0 aromatic carbocycles. The molecule has 1 saturated heterocycles. The first-order valence-electron chi connectivity index (χ1n) is 5.79. The van der Waals surface area contributed by atoms with E-state index in [2.05, 4.69) is 4.98 Å². The van der Waals surface area contributed by atoms with E-state index in [1.807, 2.05) is 6.07 Å². The fourth-order valence-electron chi connectivity index (χ4n) is 1.80. The van der Waals surface area contributed by atoms with E-state index in [1.54, 1.807) is 25.5 Å². The highest BCUT2D eigenvalue weighted by molar-refractivity contribution is 7.86. The molecule has 2 rings (SSSR count). The van der Waals surface area contributed by atoms with Gasteiger partial charge in [-0.25, -0.2) is 0 Å². The van der Waals surface area contributed by atoms with E-state index in [9.17, 15) is 8.42 Å². The van der Waals surface area contributed by atoms with Gasteiger partial charge in [-0.05, 0) is 11.6 Å². The lowest BCUT2D eigenvalue weighted by Gasteiger charge is -2.30.